The van der Waals surface area contributed by atoms with Crippen molar-refractivity contribution in [1.29, 1.82) is 0 Å². The molecule has 45 heavy (non-hydrogen) atoms. The summed E-state index contributed by atoms with van der Waals surface area (Å²) in [7, 11) is 0. The second-order valence-corrected chi connectivity index (χ2v) is 18.6. The Morgan fingerprint density at radius 3 is 0.911 bits per heavy atom. The lowest BCUT2D eigenvalue weighted by atomic mass is 9.99. The van der Waals surface area contributed by atoms with Crippen molar-refractivity contribution in [2.24, 2.45) is 0 Å². The van der Waals surface area contributed by atoms with Crippen molar-refractivity contribution in [2.75, 3.05) is 0 Å². The van der Waals surface area contributed by atoms with Gasteiger partial charge in [-0.2, -0.15) is 0 Å². The second kappa shape index (κ2) is 31.4. The normalized spacial score (nSPS) is 11.8. The van der Waals surface area contributed by atoms with Crippen molar-refractivity contribution in [1.82, 2.24) is 0 Å². The van der Waals surface area contributed by atoms with Gasteiger partial charge in [0.15, 0.2) is 5.75 Å². The summed E-state index contributed by atoms with van der Waals surface area (Å²) < 4.78 is 5.53. The van der Waals surface area contributed by atoms with E-state index in [1.54, 1.807) is 0 Å². The summed E-state index contributed by atoms with van der Waals surface area (Å²) in [5.41, 5.74) is 2.55. The second-order valence-electron chi connectivity index (χ2n) is 13.9. The van der Waals surface area contributed by atoms with Crippen LogP contribution in [0.4, 0.5) is 0 Å². The molecule has 0 saturated carbocycles. The zero-order valence-electron chi connectivity index (χ0n) is 29.9. The molecule has 0 bridgehead atoms. The van der Waals surface area contributed by atoms with E-state index in [0.29, 0.717) is 5.75 Å². The van der Waals surface area contributed by atoms with Gasteiger partial charge in [-0.3, -0.25) is 0 Å². The van der Waals surface area contributed by atoms with Crippen LogP contribution in [-0.4, -0.2) is 0 Å². The standard InChI is InChI=1S/C40H75O2PS2/c1-3-5-7-9-11-13-15-17-19-21-23-25-27-29-31-33-38-35-39(37-40(36-38)42-43(41,44)45)34-32-30-28-26-24-22-20-18-16-14-12-10-8-6-4-2/h35-37H,3-34H2,1-2H3,(H2,41,44,45)/p-2. The third-order valence-electron chi connectivity index (χ3n) is 9.38. The quantitative estimate of drug-likeness (QED) is 0.0412. The molecule has 1 rings (SSSR count). The molecule has 0 aliphatic carbocycles. The Kier molecular flexibility index (Phi) is 30.1. The first kappa shape index (κ1) is 43.1. The van der Waals surface area contributed by atoms with Gasteiger partial charge in [-0.15, -0.1) is 6.12 Å². The molecular formula is C40H73O2PS2-2. The predicted molar refractivity (Wildman–Crippen MR) is 206 cm³/mol. The summed E-state index contributed by atoms with van der Waals surface area (Å²) in [5, 5.41) is 0. The van der Waals surface area contributed by atoms with Crippen LogP contribution in [0.25, 0.3) is 0 Å². The molecule has 1 aromatic rings. The fourth-order valence-corrected chi connectivity index (χ4v) is 7.48. The molecule has 1 aromatic carbocycles. The highest BCUT2D eigenvalue weighted by Crippen LogP contribution is 2.46. The molecule has 0 atom stereocenters. The van der Waals surface area contributed by atoms with E-state index in [1.807, 2.05) is 12.1 Å². The van der Waals surface area contributed by atoms with Crippen molar-refractivity contribution >= 4 is 30.6 Å². The van der Waals surface area contributed by atoms with Gasteiger partial charge >= 0.3 is 0 Å². The molecule has 0 saturated heterocycles. The van der Waals surface area contributed by atoms with Crippen LogP contribution in [-0.2, 0) is 37.3 Å². The van der Waals surface area contributed by atoms with Crippen LogP contribution < -0.4 is 9.42 Å². The smallest absolute Gasteiger partial charge is 0.168 e. The van der Waals surface area contributed by atoms with E-state index in [4.69, 9.17) is 29.0 Å². The van der Waals surface area contributed by atoms with Gasteiger partial charge in [0, 0.05) is 0 Å². The highest BCUT2D eigenvalue weighted by Gasteiger charge is 2.07. The first-order valence-corrected chi connectivity index (χ1v) is 23.4. The molecular weight excluding hydrogens is 608 g/mol. The van der Waals surface area contributed by atoms with E-state index in [2.05, 4.69) is 19.9 Å². The van der Waals surface area contributed by atoms with Crippen LogP contribution in [0, 0.1) is 0 Å². The van der Waals surface area contributed by atoms with Gasteiger partial charge in [-0.05, 0) is 48.9 Å². The maximum atomic E-state index is 12.0. The van der Waals surface area contributed by atoms with Gasteiger partial charge in [-0.25, -0.2) is 0 Å². The van der Waals surface area contributed by atoms with Gasteiger partial charge in [0.05, 0.1) is 0 Å². The Morgan fingerprint density at radius 1 is 0.422 bits per heavy atom. The van der Waals surface area contributed by atoms with Crippen LogP contribution in [0.15, 0.2) is 18.2 Å². The van der Waals surface area contributed by atoms with Gasteiger partial charge in [-0.1, -0.05) is 200 Å². The Labute approximate surface area is 293 Å². The number of rotatable bonds is 34. The molecule has 0 unspecified atom stereocenters. The van der Waals surface area contributed by atoms with E-state index < -0.39 is 6.12 Å². The highest BCUT2D eigenvalue weighted by atomic mass is 33.1. The summed E-state index contributed by atoms with van der Waals surface area (Å²) >= 11 is 9.83. The third kappa shape index (κ3) is 29.9. The molecule has 0 fully saturated rings. The lowest BCUT2D eigenvalue weighted by Gasteiger charge is -2.42. The summed E-state index contributed by atoms with van der Waals surface area (Å²) in [4.78, 5) is 12.0. The fourth-order valence-electron chi connectivity index (χ4n) is 6.60. The zero-order chi connectivity index (χ0) is 32.7. The molecule has 0 radical (unpaired) electrons. The average Bonchev–Trinajstić information content (AvgIpc) is 3.00. The van der Waals surface area contributed by atoms with Crippen LogP contribution >= 0.6 is 6.12 Å². The van der Waals surface area contributed by atoms with E-state index in [0.717, 1.165) is 12.8 Å². The molecule has 0 spiro atoms. The van der Waals surface area contributed by atoms with Crippen molar-refractivity contribution in [3.8, 4) is 5.75 Å². The summed E-state index contributed by atoms with van der Waals surface area (Å²) in [5.74, 6) is 0.609. The Bertz CT molecular complexity index is 715. The van der Waals surface area contributed by atoms with Gasteiger partial charge in [0.1, 0.15) is 0 Å². The van der Waals surface area contributed by atoms with Crippen molar-refractivity contribution in [3.63, 3.8) is 0 Å². The van der Waals surface area contributed by atoms with Crippen molar-refractivity contribution in [3.05, 3.63) is 29.3 Å². The van der Waals surface area contributed by atoms with Gasteiger partial charge in [0.25, 0.3) is 0 Å². The largest absolute Gasteiger partial charge is 0.682 e. The number of aryl methyl sites for hydroxylation is 2. The predicted octanol–water partition coefficient (Wildman–Crippen LogP) is 14.0. The van der Waals surface area contributed by atoms with Crippen LogP contribution in [0.2, 0.25) is 0 Å². The lowest BCUT2D eigenvalue weighted by Crippen LogP contribution is -2.09. The highest BCUT2D eigenvalue weighted by molar-refractivity contribution is 8.69. The SMILES string of the molecule is CCCCCCCCCCCCCCCCCc1cc(CCCCCCCCCCCCCCCCC)cc(O[P+]([O-])([S-])[S-])c1. The number of hydrogen-bond donors (Lipinski definition) is 0. The lowest BCUT2D eigenvalue weighted by molar-refractivity contribution is -0.169. The van der Waals surface area contributed by atoms with Crippen LogP contribution in [0.5, 0.6) is 5.75 Å². The van der Waals surface area contributed by atoms with Crippen LogP contribution in [0.3, 0.4) is 0 Å². The first-order chi connectivity index (χ1) is 21.9. The molecule has 0 aliphatic rings. The fraction of sp³-hybridized carbons (Fsp3) is 0.850. The molecule has 0 aromatic heterocycles. The van der Waals surface area contributed by atoms with Crippen LogP contribution in [0.1, 0.15) is 218 Å². The third-order valence-corrected chi connectivity index (χ3v) is 10.3. The maximum Gasteiger partial charge on any atom is 0.168 e. The van der Waals surface area contributed by atoms with Gasteiger partial charge < -0.3 is 33.9 Å². The molecule has 0 heterocycles. The Morgan fingerprint density at radius 2 is 0.667 bits per heavy atom. The van der Waals surface area contributed by atoms with Crippen molar-refractivity contribution < 1.29 is 9.42 Å². The van der Waals surface area contributed by atoms with Gasteiger partial charge in [0.2, 0.25) is 0 Å². The summed E-state index contributed by atoms with van der Waals surface area (Å²) in [6, 6.07) is 6.37. The minimum absolute atomic E-state index is 0.609. The number of unbranched alkanes of at least 4 members (excludes halogenated alkanes) is 28. The summed E-state index contributed by atoms with van der Waals surface area (Å²) in [6.45, 7) is 4.58. The minimum Gasteiger partial charge on any atom is -0.682 e. The first-order valence-electron chi connectivity index (χ1n) is 19.8. The molecule has 264 valence electrons. The molecule has 0 aliphatic heterocycles. The zero-order valence-corrected chi connectivity index (χ0v) is 32.5. The van der Waals surface area contributed by atoms with E-state index in [9.17, 15) is 4.89 Å². The molecule has 2 nitrogen and oxygen atoms in total. The molecule has 0 N–H and O–H groups in total. The van der Waals surface area contributed by atoms with Crippen molar-refractivity contribution in [2.45, 2.75) is 219 Å². The Hall–Kier alpha value is 0.110. The van der Waals surface area contributed by atoms with E-state index >= 15 is 0 Å². The maximum absolute atomic E-state index is 12.0. The Balaban J connectivity index is 2.15. The van der Waals surface area contributed by atoms with E-state index in [-0.39, 0.29) is 0 Å². The summed E-state index contributed by atoms with van der Waals surface area (Å²) in [6.07, 6.45) is 40.2. The number of benzene rings is 1. The molecule has 0 amide bonds. The molecule has 5 heteroatoms. The number of hydrogen-bond acceptors (Lipinski definition) is 4. The van der Waals surface area contributed by atoms with E-state index in [1.165, 1.54) is 204 Å². The minimum atomic E-state index is -3.39. The monoisotopic (exact) mass is 680 g/mol. The average molecular weight is 681 g/mol. The topological polar surface area (TPSA) is 32.3 Å².